The fourth-order valence-electron chi connectivity index (χ4n) is 3.52. The third-order valence-corrected chi connectivity index (χ3v) is 5.67. The first-order chi connectivity index (χ1) is 16.8. The summed E-state index contributed by atoms with van der Waals surface area (Å²) in [7, 11) is 0. The molecule has 0 N–H and O–H groups in total. The maximum absolute atomic E-state index is 14.0. The van der Waals surface area contributed by atoms with Crippen LogP contribution >= 0.6 is 11.6 Å². The second-order valence-corrected chi connectivity index (χ2v) is 9.11. The first kappa shape index (κ1) is 37.9. The number of alkyl halides is 21. The van der Waals surface area contributed by atoms with Crippen LogP contribution in [-0.4, -0.2) is 54.3 Å². The summed E-state index contributed by atoms with van der Waals surface area (Å²) in [6, 6.07) is 0. The van der Waals surface area contributed by atoms with Crippen LogP contribution in [0.15, 0.2) is 0 Å². The lowest BCUT2D eigenvalue weighted by molar-refractivity contribution is -0.356. The molecule has 21 heteroatoms. The molecule has 0 rings (SSSR count). The molecule has 0 aromatic rings. The van der Waals surface area contributed by atoms with E-state index in [1.165, 1.54) is 0 Å². The lowest BCUT2D eigenvalue weighted by atomic mass is 9.81. The molecule has 0 amide bonds. The van der Waals surface area contributed by atoms with Gasteiger partial charge in [-0.25, -0.2) is 22.0 Å². The second kappa shape index (κ2) is 12.0. The summed E-state index contributed by atoms with van der Waals surface area (Å²) in [6.45, 7) is 0. The Hall–Kier alpha value is -1.11. The zero-order chi connectivity index (χ0) is 31.7. The number of hydrogen-bond acceptors (Lipinski definition) is 0. The third kappa shape index (κ3) is 11.4. The Morgan fingerprint density at radius 3 is 1.10 bits per heavy atom. The van der Waals surface area contributed by atoms with Gasteiger partial charge in [-0.05, 0) is 19.3 Å². The monoisotopic (exact) mass is 648 g/mol. The Labute approximate surface area is 211 Å². The smallest absolute Gasteiger partial charge is 0.223 e. The van der Waals surface area contributed by atoms with Gasteiger partial charge in [0.1, 0.15) is 0 Å². The minimum atomic E-state index is -7.16. The van der Waals surface area contributed by atoms with Crippen LogP contribution in [0.1, 0.15) is 38.5 Å². The van der Waals surface area contributed by atoms with Gasteiger partial charge in [-0.3, -0.25) is 0 Å². The standard InChI is InChI=1S/C18H17ClF20/c19-2-1-8(14(25,26)27)3-9(15(28,29)30)4-10(16(31,32)33)5-11(20,21)6-12(22,23)7-13(24,17(34,35)36)18(37,38)39/h8-10H,1-7H2. The maximum atomic E-state index is 14.0. The molecule has 0 heterocycles. The van der Waals surface area contributed by atoms with Crippen LogP contribution in [0.4, 0.5) is 87.8 Å². The SMILES string of the molecule is FC(F)(CC(CC(CC(CCCl)C(F)(F)F)C(F)(F)F)C(F)(F)F)CC(F)(F)CC(F)(C(F)(F)F)C(F)(F)F. The van der Waals surface area contributed by atoms with Crippen molar-refractivity contribution in [1.82, 2.24) is 0 Å². The van der Waals surface area contributed by atoms with Gasteiger partial charge in [-0.15, -0.1) is 11.6 Å². The van der Waals surface area contributed by atoms with Gasteiger partial charge >= 0.3 is 36.6 Å². The lowest BCUT2D eigenvalue weighted by Crippen LogP contribution is -2.56. The van der Waals surface area contributed by atoms with Gasteiger partial charge in [0.15, 0.2) is 0 Å². The number of halogens is 21. The van der Waals surface area contributed by atoms with Crippen LogP contribution in [0.25, 0.3) is 0 Å². The van der Waals surface area contributed by atoms with E-state index in [1.54, 1.807) is 0 Å². The molecule has 3 atom stereocenters. The van der Waals surface area contributed by atoms with Gasteiger partial charge in [0.2, 0.25) is 0 Å². The Bertz CT molecular complexity index is 741. The molecule has 0 bridgehead atoms. The maximum Gasteiger partial charge on any atom is 0.431 e. The Morgan fingerprint density at radius 2 is 0.795 bits per heavy atom. The van der Waals surface area contributed by atoms with Crippen molar-refractivity contribution < 1.29 is 87.8 Å². The highest BCUT2D eigenvalue weighted by molar-refractivity contribution is 6.17. The average molecular weight is 649 g/mol. The van der Waals surface area contributed by atoms with E-state index in [9.17, 15) is 87.8 Å². The molecule has 236 valence electrons. The summed E-state index contributed by atoms with van der Waals surface area (Å²) < 4.78 is 262. The van der Waals surface area contributed by atoms with E-state index in [0.717, 1.165) is 0 Å². The largest absolute Gasteiger partial charge is 0.431 e. The van der Waals surface area contributed by atoms with Crippen molar-refractivity contribution in [3.05, 3.63) is 0 Å². The zero-order valence-corrected chi connectivity index (χ0v) is 19.4. The van der Waals surface area contributed by atoms with Crippen molar-refractivity contribution in [1.29, 1.82) is 0 Å². The van der Waals surface area contributed by atoms with Gasteiger partial charge in [-0.1, -0.05) is 0 Å². The van der Waals surface area contributed by atoms with Crippen molar-refractivity contribution in [3.63, 3.8) is 0 Å². The summed E-state index contributed by atoms with van der Waals surface area (Å²) in [5.74, 6) is -23.2. The molecule has 0 aliphatic heterocycles. The molecule has 0 aromatic heterocycles. The molecular weight excluding hydrogens is 632 g/mol. The molecule has 0 fully saturated rings. The quantitative estimate of drug-likeness (QED) is 0.146. The molecule has 0 aliphatic carbocycles. The summed E-state index contributed by atoms with van der Waals surface area (Å²) in [6.07, 6.45) is -48.6. The lowest BCUT2D eigenvalue weighted by Gasteiger charge is -2.35. The van der Waals surface area contributed by atoms with Gasteiger partial charge < -0.3 is 0 Å². The van der Waals surface area contributed by atoms with Crippen LogP contribution in [0.3, 0.4) is 0 Å². The zero-order valence-electron chi connectivity index (χ0n) is 18.6. The van der Waals surface area contributed by atoms with Crippen molar-refractivity contribution in [3.8, 4) is 0 Å². The molecular formula is C18H17ClF20. The predicted molar refractivity (Wildman–Crippen MR) is 92.9 cm³/mol. The van der Waals surface area contributed by atoms with E-state index in [-0.39, 0.29) is 0 Å². The molecule has 0 aliphatic rings. The fourth-order valence-corrected chi connectivity index (χ4v) is 3.78. The highest BCUT2D eigenvalue weighted by Crippen LogP contribution is 2.54. The molecule has 39 heavy (non-hydrogen) atoms. The molecule has 0 saturated carbocycles. The first-order valence-corrected chi connectivity index (χ1v) is 10.7. The normalized spacial score (nSPS) is 17.8. The van der Waals surface area contributed by atoms with Crippen LogP contribution < -0.4 is 0 Å². The van der Waals surface area contributed by atoms with Gasteiger partial charge in [0.05, 0.1) is 30.6 Å². The highest BCUT2D eigenvalue weighted by atomic mass is 35.5. The average Bonchev–Trinajstić information content (AvgIpc) is 2.60. The number of hydrogen-bond donors (Lipinski definition) is 0. The van der Waals surface area contributed by atoms with Crippen LogP contribution in [0.5, 0.6) is 0 Å². The predicted octanol–water partition coefficient (Wildman–Crippen LogP) is 10.2. The summed E-state index contributed by atoms with van der Waals surface area (Å²) >= 11 is 5.03. The van der Waals surface area contributed by atoms with Gasteiger partial charge in [0, 0.05) is 12.3 Å². The van der Waals surface area contributed by atoms with Crippen LogP contribution in [0, 0.1) is 17.8 Å². The second-order valence-electron chi connectivity index (χ2n) is 8.73. The van der Waals surface area contributed by atoms with Crippen molar-refractivity contribution >= 4 is 11.6 Å². The van der Waals surface area contributed by atoms with Crippen molar-refractivity contribution in [2.75, 3.05) is 5.88 Å². The summed E-state index contributed by atoms with van der Waals surface area (Å²) in [4.78, 5) is 0. The summed E-state index contributed by atoms with van der Waals surface area (Å²) in [5.41, 5.74) is -6.81. The Balaban J connectivity index is 6.14. The minimum absolute atomic E-state index is 0.934. The molecule has 0 aromatic carbocycles. The molecule has 0 saturated heterocycles. The van der Waals surface area contributed by atoms with Crippen molar-refractivity contribution in [2.45, 2.75) is 86.9 Å². The Morgan fingerprint density at radius 1 is 0.436 bits per heavy atom. The van der Waals surface area contributed by atoms with Gasteiger partial charge in [0.25, 0.3) is 11.8 Å². The minimum Gasteiger partial charge on any atom is -0.223 e. The van der Waals surface area contributed by atoms with E-state index in [4.69, 9.17) is 11.6 Å². The van der Waals surface area contributed by atoms with Crippen LogP contribution in [-0.2, 0) is 0 Å². The van der Waals surface area contributed by atoms with E-state index < -0.39 is 111 Å². The van der Waals surface area contributed by atoms with Crippen LogP contribution in [0.2, 0.25) is 0 Å². The highest BCUT2D eigenvalue weighted by Gasteiger charge is 2.75. The van der Waals surface area contributed by atoms with Crippen molar-refractivity contribution in [2.24, 2.45) is 17.8 Å². The molecule has 0 nitrogen and oxygen atoms in total. The third-order valence-electron chi connectivity index (χ3n) is 5.45. The topological polar surface area (TPSA) is 0 Å². The molecule has 0 spiro atoms. The fraction of sp³-hybridized carbons (Fsp3) is 1.00. The Kier molecular flexibility index (Phi) is 11.7. The first-order valence-electron chi connectivity index (χ1n) is 10.1. The molecule has 3 unspecified atom stereocenters. The van der Waals surface area contributed by atoms with E-state index >= 15 is 0 Å². The molecule has 0 radical (unpaired) electrons. The van der Waals surface area contributed by atoms with E-state index in [2.05, 4.69) is 0 Å². The van der Waals surface area contributed by atoms with E-state index in [0.29, 0.717) is 0 Å². The summed E-state index contributed by atoms with van der Waals surface area (Å²) in [5, 5.41) is 0. The van der Waals surface area contributed by atoms with E-state index in [1.807, 2.05) is 0 Å². The number of rotatable bonds is 12. The van der Waals surface area contributed by atoms with Gasteiger partial charge in [-0.2, -0.15) is 65.9 Å².